The number of allylic oxidation sites excluding steroid dienone is 1. The monoisotopic (exact) mass is 435 g/mol. The number of anilines is 2. The van der Waals surface area contributed by atoms with Crippen molar-refractivity contribution in [1.29, 1.82) is 0 Å². The zero-order valence-corrected chi connectivity index (χ0v) is 17.8. The Hall–Kier alpha value is -3.48. The molecule has 1 aliphatic carbocycles. The number of halogens is 1. The zero-order valence-electron chi connectivity index (χ0n) is 17.8. The average Bonchev–Trinajstić information content (AvgIpc) is 3.04. The van der Waals surface area contributed by atoms with Crippen LogP contribution in [0.1, 0.15) is 38.5 Å². The van der Waals surface area contributed by atoms with Gasteiger partial charge in [0.15, 0.2) is 0 Å². The van der Waals surface area contributed by atoms with Crippen molar-refractivity contribution in [2.45, 2.75) is 44.6 Å². The van der Waals surface area contributed by atoms with E-state index in [1.165, 1.54) is 41.2 Å². The van der Waals surface area contributed by atoms with Gasteiger partial charge in [-0.25, -0.2) is 14.1 Å². The second kappa shape index (κ2) is 9.77. The van der Waals surface area contributed by atoms with E-state index in [2.05, 4.69) is 11.4 Å². The maximum atomic E-state index is 13.2. The molecule has 1 saturated heterocycles. The minimum atomic E-state index is -0.882. The number of nitrogens with one attached hydrogen (secondary N) is 1. The number of para-hydroxylation sites is 1. The Balaban J connectivity index is 1.52. The highest BCUT2D eigenvalue weighted by Crippen LogP contribution is 2.29. The molecule has 1 fully saturated rings. The Kier molecular flexibility index (Phi) is 6.63. The van der Waals surface area contributed by atoms with Gasteiger partial charge in [0.1, 0.15) is 11.9 Å². The van der Waals surface area contributed by atoms with E-state index in [9.17, 15) is 18.8 Å². The summed E-state index contributed by atoms with van der Waals surface area (Å²) < 4.78 is 13.1. The van der Waals surface area contributed by atoms with Crippen LogP contribution in [-0.2, 0) is 9.59 Å². The van der Waals surface area contributed by atoms with Crippen LogP contribution in [0.5, 0.6) is 0 Å². The van der Waals surface area contributed by atoms with Gasteiger partial charge in [-0.15, -0.1) is 0 Å². The van der Waals surface area contributed by atoms with Crippen LogP contribution in [0.2, 0.25) is 0 Å². The van der Waals surface area contributed by atoms with Crippen molar-refractivity contribution < 1.29 is 18.8 Å². The molecule has 166 valence electrons. The molecule has 4 rings (SSSR count). The normalized spacial score (nSPS) is 18.7. The summed E-state index contributed by atoms with van der Waals surface area (Å²) in [5.74, 6) is -1.21. The van der Waals surface area contributed by atoms with Crippen LogP contribution in [0.3, 0.4) is 0 Å². The first-order valence-corrected chi connectivity index (χ1v) is 11.0. The van der Waals surface area contributed by atoms with E-state index in [0.29, 0.717) is 24.3 Å². The third-order valence-electron chi connectivity index (χ3n) is 5.90. The molecule has 4 amide bonds. The summed E-state index contributed by atoms with van der Waals surface area (Å²) in [6, 6.07) is 12.9. The first-order valence-electron chi connectivity index (χ1n) is 11.0. The van der Waals surface area contributed by atoms with E-state index in [1.54, 1.807) is 24.3 Å². The summed E-state index contributed by atoms with van der Waals surface area (Å²) in [7, 11) is 0. The number of hydrogen-bond donors (Lipinski definition) is 1. The Morgan fingerprint density at radius 1 is 1.03 bits per heavy atom. The van der Waals surface area contributed by atoms with Gasteiger partial charge in [0, 0.05) is 12.2 Å². The molecule has 0 bridgehead atoms. The van der Waals surface area contributed by atoms with Crippen LogP contribution in [0.25, 0.3) is 0 Å². The van der Waals surface area contributed by atoms with Crippen molar-refractivity contribution in [3.05, 3.63) is 72.1 Å². The van der Waals surface area contributed by atoms with Crippen LogP contribution in [0, 0.1) is 5.82 Å². The summed E-state index contributed by atoms with van der Waals surface area (Å²) in [5, 5.41) is 2.69. The van der Waals surface area contributed by atoms with Gasteiger partial charge in [0.2, 0.25) is 5.91 Å². The van der Waals surface area contributed by atoms with Crippen LogP contribution in [-0.4, -0.2) is 35.3 Å². The lowest BCUT2D eigenvalue weighted by atomic mass is 9.97. The highest BCUT2D eigenvalue weighted by molar-refractivity contribution is 6.22. The second-order valence-corrected chi connectivity index (χ2v) is 8.12. The van der Waals surface area contributed by atoms with Crippen molar-refractivity contribution in [3.8, 4) is 0 Å². The van der Waals surface area contributed by atoms with Gasteiger partial charge in [-0.1, -0.05) is 29.8 Å². The summed E-state index contributed by atoms with van der Waals surface area (Å²) in [5.41, 5.74) is 2.22. The fraction of sp³-hybridized carbons (Fsp3) is 0.320. The van der Waals surface area contributed by atoms with Gasteiger partial charge in [0.05, 0.1) is 12.1 Å². The predicted octanol–water partition coefficient (Wildman–Crippen LogP) is 4.88. The fourth-order valence-corrected chi connectivity index (χ4v) is 4.22. The first kappa shape index (κ1) is 21.7. The van der Waals surface area contributed by atoms with E-state index in [-0.39, 0.29) is 6.42 Å². The number of imide groups is 1. The molecule has 0 aromatic heterocycles. The largest absolute Gasteiger partial charge is 0.332 e. The summed E-state index contributed by atoms with van der Waals surface area (Å²) in [6.45, 7) is 0.383. The summed E-state index contributed by atoms with van der Waals surface area (Å²) in [4.78, 5) is 41.8. The van der Waals surface area contributed by atoms with E-state index in [4.69, 9.17) is 0 Å². The molecule has 1 unspecified atom stereocenters. The van der Waals surface area contributed by atoms with E-state index in [1.807, 2.05) is 6.07 Å². The minimum absolute atomic E-state index is 0.162. The third-order valence-corrected chi connectivity index (χ3v) is 5.90. The molecule has 2 aromatic rings. The van der Waals surface area contributed by atoms with Gasteiger partial charge in [-0.3, -0.25) is 9.59 Å². The number of amides is 4. The van der Waals surface area contributed by atoms with Crippen LogP contribution in [0.15, 0.2) is 66.2 Å². The summed E-state index contributed by atoms with van der Waals surface area (Å²) >= 11 is 0. The van der Waals surface area contributed by atoms with Gasteiger partial charge >= 0.3 is 6.03 Å². The lowest BCUT2D eigenvalue weighted by molar-refractivity contribution is -0.124. The molecule has 32 heavy (non-hydrogen) atoms. The molecule has 1 atom stereocenters. The highest BCUT2D eigenvalue weighted by Gasteiger charge is 2.46. The fourth-order valence-electron chi connectivity index (χ4n) is 4.22. The number of carbonyl (C=O) groups excluding carboxylic acids is 3. The third kappa shape index (κ3) is 4.88. The van der Waals surface area contributed by atoms with E-state index in [0.717, 1.165) is 24.2 Å². The molecular formula is C25H26FN3O3. The lowest BCUT2D eigenvalue weighted by Gasteiger charge is -2.23. The van der Waals surface area contributed by atoms with Crippen molar-refractivity contribution >= 4 is 29.2 Å². The lowest BCUT2D eigenvalue weighted by Crippen LogP contribution is -2.38. The van der Waals surface area contributed by atoms with Crippen molar-refractivity contribution in [1.82, 2.24) is 4.90 Å². The molecule has 2 aliphatic rings. The van der Waals surface area contributed by atoms with Crippen LogP contribution >= 0.6 is 0 Å². The number of benzene rings is 2. The number of hydrogen-bond acceptors (Lipinski definition) is 3. The first-order chi connectivity index (χ1) is 15.5. The van der Waals surface area contributed by atoms with Crippen molar-refractivity contribution in [3.63, 3.8) is 0 Å². The second-order valence-electron chi connectivity index (χ2n) is 8.12. The molecule has 0 spiro atoms. The number of carbonyl (C=O) groups is 3. The Morgan fingerprint density at radius 2 is 1.78 bits per heavy atom. The topological polar surface area (TPSA) is 69.7 Å². The standard InChI is InChI=1S/C25H26FN3O3/c26-19-11-13-20(14-12-19)27-23(30)17-22-24(31)29(21-9-5-2-6-10-21)25(32)28(22)16-15-18-7-3-1-4-8-18/h2,5-7,9-14,22H,1,3-4,8,15-17H2,(H,27,30). The smallest absolute Gasteiger partial charge is 0.326 e. The molecule has 2 aromatic carbocycles. The molecular weight excluding hydrogens is 409 g/mol. The SMILES string of the molecule is O=C(CC1C(=O)N(c2ccccc2)C(=O)N1CCC1=CCCCC1)Nc1ccc(F)cc1. The molecule has 1 N–H and O–H groups in total. The zero-order chi connectivity index (χ0) is 22.5. The number of urea groups is 1. The Labute approximate surface area is 186 Å². The van der Waals surface area contributed by atoms with Gasteiger partial charge < -0.3 is 10.2 Å². The maximum Gasteiger partial charge on any atom is 0.332 e. The van der Waals surface area contributed by atoms with Crippen molar-refractivity contribution in [2.75, 3.05) is 16.8 Å². The predicted molar refractivity (Wildman–Crippen MR) is 121 cm³/mol. The Morgan fingerprint density at radius 3 is 2.47 bits per heavy atom. The average molecular weight is 435 g/mol. The molecule has 0 radical (unpaired) electrons. The highest BCUT2D eigenvalue weighted by atomic mass is 19.1. The Bertz CT molecular complexity index is 1020. The molecule has 1 aliphatic heterocycles. The van der Waals surface area contributed by atoms with Crippen molar-refractivity contribution in [2.24, 2.45) is 0 Å². The van der Waals surface area contributed by atoms with Crippen LogP contribution < -0.4 is 10.2 Å². The number of nitrogens with zero attached hydrogens (tertiary/aromatic N) is 2. The number of rotatable bonds is 7. The quantitative estimate of drug-likeness (QED) is 0.498. The van der Waals surface area contributed by atoms with Gasteiger partial charge in [0.25, 0.3) is 5.91 Å². The minimum Gasteiger partial charge on any atom is -0.326 e. The molecule has 7 heteroatoms. The van der Waals surface area contributed by atoms with Crippen LogP contribution in [0.4, 0.5) is 20.6 Å². The maximum absolute atomic E-state index is 13.2. The molecule has 0 saturated carbocycles. The van der Waals surface area contributed by atoms with E-state index < -0.39 is 29.7 Å². The van der Waals surface area contributed by atoms with E-state index >= 15 is 0 Å². The molecule has 1 heterocycles. The summed E-state index contributed by atoms with van der Waals surface area (Å²) in [6.07, 6.45) is 7.12. The molecule has 6 nitrogen and oxygen atoms in total. The van der Waals surface area contributed by atoms with Gasteiger partial charge in [-0.2, -0.15) is 0 Å². The van der Waals surface area contributed by atoms with Gasteiger partial charge in [-0.05, 0) is 68.5 Å².